The van der Waals surface area contributed by atoms with Crippen LogP contribution in [0.2, 0.25) is 0 Å². The second-order valence-electron chi connectivity index (χ2n) is 8.38. The van der Waals surface area contributed by atoms with Crippen LogP contribution in [0, 0.1) is 11.2 Å². The molecule has 0 unspecified atom stereocenters. The number of oxazole rings is 1. The second kappa shape index (κ2) is 7.81. The summed E-state index contributed by atoms with van der Waals surface area (Å²) in [6.07, 6.45) is 13.3. The van der Waals surface area contributed by atoms with Crippen molar-refractivity contribution < 1.29 is 4.42 Å². The summed E-state index contributed by atoms with van der Waals surface area (Å²) in [6, 6.07) is 12.0. The number of aromatic nitrogens is 4. The molecule has 1 aliphatic rings. The predicted octanol–water partition coefficient (Wildman–Crippen LogP) is 4.84. The number of rotatable bonds is 2. The minimum Gasteiger partial charge on any atom is -0.442 e. The van der Waals surface area contributed by atoms with Crippen molar-refractivity contribution in [3.63, 3.8) is 0 Å². The lowest BCUT2D eigenvalue weighted by molar-refractivity contribution is 0.568. The van der Waals surface area contributed by atoms with Crippen LogP contribution in [0.5, 0.6) is 0 Å². The molecule has 1 aromatic carbocycles. The largest absolute Gasteiger partial charge is 0.442 e. The SMILES string of the molecule is C[C@@H]1N=C(c2ccccn2)c2cc(C#CS(C)(C)C)ccc2-n2cnc(-c3cnco3)c21. The van der Waals surface area contributed by atoms with E-state index in [1.807, 2.05) is 24.5 Å². The Kier molecular flexibility index (Phi) is 4.95. The first-order valence-electron chi connectivity index (χ1n) is 10.2. The maximum Gasteiger partial charge on any atom is 0.181 e. The summed E-state index contributed by atoms with van der Waals surface area (Å²) < 4.78 is 7.64. The van der Waals surface area contributed by atoms with Gasteiger partial charge >= 0.3 is 0 Å². The van der Waals surface area contributed by atoms with Gasteiger partial charge < -0.3 is 4.42 Å². The van der Waals surface area contributed by atoms with E-state index < -0.39 is 10.0 Å². The Hall–Kier alpha value is -3.63. The van der Waals surface area contributed by atoms with Crippen LogP contribution in [0.25, 0.3) is 17.1 Å². The Morgan fingerprint density at radius 3 is 2.69 bits per heavy atom. The van der Waals surface area contributed by atoms with Crippen molar-refractivity contribution in [1.82, 2.24) is 19.5 Å². The van der Waals surface area contributed by atoms with E-state index in [-0.39, 0.29) is 6.04 Å². The number of fused-ring (bicyclic) bond motifs is 3. The molecule has 1 atom stereocenters. The molecule has 4 aromatic rings. The Morgan fingerprint density at radius 2 is 1.97 bits per heavy atom. The highest BCUT2D eigenvalue weighted by Gasteiger charge is 2.28. The van der Waals surface area contributed by atoms with E-state index in [1.54, 1.807) is 12.4 Å². The van der Waals surface area contributed by atoms with Crippen molar-refractivity contribution in [3.05, 3.63) is 84.0 Å². The fourth-order valence-corrected chi connectivity index (χ4v) is 4.15. The monoisotopic (exact) mass is 441 g/mol. The van der Waals surface area contributed by atoms with Gasteiger partial charge in [0.05, 0.1) is 35.0 Å². The molecule has 0 amide bonds. The van der Waals surface area contributed by atoms with E-state index in [9.17, 15) is 0 Å². The smallest absolute Gasteiger partial charge is 0.181 e. The van der Waals surface area contributed by atoms with Gasteiger partial charge in [-0.1, -0.05) is 12.0 Å². The van der Waals surface area contributed by atoms with Crippen LogP contribution in [0.1, 0.15) is 35.5 Å². The fourth-order valence-electron chi connectivity index (χ4n) is 3.73. The molecule has 0 radical (unpaired) electrons. The van der Waals surface area contributed by atoms with E-state index in [4.69, 9.17) is 9.41 Å². The zero-order chi connectivity index (χ0) is 22.3. The molecule has 5 rings (SSSR count). The standard InChI is InChI=1S/C25H23N5OS/c1-17-25-24(22-14-26-16-31-22)28-15-30(25)21-9-8-18(10-12-32(2,3)4)13-19(21)23(29-17)20-7-5-6-11-27-20/h5-9,11,13-17H,1-4H3/t17-/m0/s1. The predicted molar refractivity (Wildman–Crippen MR) is 130 cm³/mol. The molecule has 0 spiro atoms. The van der Waals surface area contributed by atoms with E-state index in [2.05, 4.69) is 74.6 Å². The van der Waals surface area contributed by atoms with Gasteiger partial charge in [0.15, 0.2) is 12.2 Å². The molecular formula is C25H23N5OS. The molecule has 0 fully saturated rings. The molecule has 4 heterocycles. The van der Waals surface area contributed by atoms with Crippen LogP contribution >= 0.6 is 10.0 Å². The molecular weight excluding hydrogens is 418 g/mol. The minimum absolute atomic E-state index is 0.171. The van der Waals surface area contributed by atoms with Crippen molar-refractivity contribution >= 4 is 15.7 Å². The summed E-state index contributed by atoms with van der Waals surface area (Å²) >= 11 is 0. The third kappa shape index (κ3) is 3.74. The normalized spacial score (nSPS) is 15.6. The highest BCUT2D eigenvalue weighted by molar-refractivity contribution is 8.35. The number of imidazole rings is 1. The number of aliphatic imine (C=N–C) groups is 1. The molecule has 32 heavy (non-hydrogen) atoms. The summed E-state index contributed by atoms with van der Waals surface area (Å²) in [5.41, 5.74) is 6.28. The zero-order valence-corrected chi connectivity index (χ0v) is 19.2. The van der Waals surface area contributed by atoms with Gasteiger partial charge in [-0.25, -0.2) is 9.97 Å². The lowest BCUT2D eigenvalue weighted by atomic mass is 10.0. The van der Waals surface area contributed by atoms with Gasteiger partial charge in [0.1, 0.15) is 12.0 Å². The van der Waals surface area contributed by atoms with Gasteiger partial charge in [0, 0.05) is 17.3 Å². The average Bonchev–Trinajstić information content (AvgIpc) is 3.43. The maximum absolute atomic E-state index is 5.55. The molecule has 7 heteroatoms. The van der Waals surface area contributed by atoms with Crippen LogP contribution in [-0.4, -0.2) is 44.0 Å². The molecule has 1 aliphatic heterocycles. The topological polar surface area (TPSA) is 69.1 Å². The van der Waals surface area contributed by atoms with Gasteiger partial charge in [-0.3, -0.25) is 14.5 Å². The Bertz CT molecular complexity index is 1370. The van der Waals surface area contributed by atoms with Crippen LogP contribution in [0.3, 0.4) is 0 Å². The van der Waals surface area contributed by atoms with Crippen LogP contribution in [-0.2, 0) is 0 Å². The summed E-state index contributed by atoms with van der Waals surface area (Å²) in [4.78, 5) is 18.4. The average molecular weight is 442 g/mol. The molecule has 0 saturated heterocycles. The van der Waals surface area contributed by atoms with E-state index in [0.29, 0.717) is 5.76 Å². The zero-order valence-electron chi connectivity index (χ0n) is 18.4. The van der Waals surface area contributed by atoms with Crippen molar-refractivity contribution in [2.24, 2.45) is 4.99 Å². The highest BCUT2D eigenvalue weighted by Crippen LogP contribution is 2.36. The molecule has 0 aliphatic carbocycles. The number of hydrogen-bond donors (Lipinski definition) is 0. The van der Waals surface area contributed by atoms with Crippen molar-refractivity contribution in [1.29, 1.82) is 0 Å². The first-order chi connectivity index (χ1) is 15.4. The van der Waals surface area contributed by atoms with Crippen LogP contribution in [0.15, 0.2) is 70.9 Å². The van der Waals surface area contributed by atoms with Crippen molar-refractivity contribution in [2.75, 3.05) is 18.8 Å². The Morgan fingerprint density at radius 1 is 1.09 bits per heavy atom. The Labute approximate surface area is 188 Å². The first kappa shape index (κ1) is 20.3. The lowest BCUT2D eigenvalue weighted by Gasteiger charge is -2.15. The van der Waals surface area contributed by atoms with Gasteiger partial charge in [-0.05, 0) is 61.3 Å². The van der Waals surface area contributed by atoms with Gasteiger partial charge in [0.25, 0.3) is 0 Å². The highest BCUT2D eigenvalue weighted by atomic mass is 32.3. The first-order valence-corrected chi connectivity index (χ1v) is 13.1. The van der Waals surface area contributed by atoms with Crippen molar-refractivity contribution in [2.45, 2.75) is 13.0 Å². The molecule has 3 aromatic heterocycles. The van der Waals surface area contributed by atoms with Crippen molar-refractivity contribution in [3.8, 4) is 28.3 Å². The quantitative estimate of drug-likeness (QED) is 0.418. The number of pyridine rings is 1. The molecule has 160 valence electrons. The number of hydrogen-bond acceptors (Lipinski definition) is 5. The summed E-state index contributed by atoms with van der Waals surface area (Å²) in [5, 5.41) is 3.41. The van der Waals surface area contributed by atoms with Gasteiger partial charge in [-0.15, -0.1) is 0 Å². The third-order valence-corrected chi connectivity index (χ3v) is 5.82. The second-order valence-corrected chi connectivity index (χ2v) is 12.3. The summed E-state index contributed by atoms with van der Waals surface area (Å²) in [6.45, 7) is 2.06. The Balaban J connectivity index is 1.76. The van der Waals surface area contributed by atoms with Gasteiger partial charge in [-0.2, -0.15) is 10.0 Å². The van der Waals surface area contributed by atoms with E-state index >= 15 is 0 Å². The maximum atomic E-state index is 5.55. The molecule has 0 N–H and O–H groups in total. The number of benzene rings is 1. The van der Waals surface area contributed by atoms with Gasteiger partial charge in [0.2, 0.25) is 0 Å². The third-order valence-electron chi connectivity index (χ3n) is 5.11. The lowest BCUT2D eigenvalue weighted by Crippen LogP contribution is -2.09. The molecule has 0 saturated carbocycles. The summed E-state index contributed by atoms with van der Waals surface area (Å²) in [5.74, 6) is 3.98. The van der Waals surface area contributed by atoms with Crippen LogP contribution < -0.4 is 0 Å². The minimum atomic E-state index is -0.931. The van der Waals surface area contributed by atoms with E-state index in [1.165, 1.54) is 6.39 Å². The summed E-state index contributed by atoms with van der Waals surface area (Å²) in [7, 11) is -0.931. The number of nitrogens with zero attached hydrogens (tertiary/aromatic N) is 5. The molecule has 0 bridgehead atoms. The fraction of sp³-hybridized carbons (Fsp3) is 0.200. The van der Waals surface area contributed by atoms with E-state index in [0.717, 1.165) is 39.6 Å². The van der Waals surface area contributed by atoms with Crippen LogP contribution in [0.4, 0.5) is 0 Å². The molecule has 6 nitrogen and oxygen atoms in total.